The average molecular weight is 268 g/mol. The van der Waals surface area contributed by atoms with E-state index in [2.05, 4.69) is 29.5 Å². The molecule has 0 aliphatic heterocycles. The van der Waals surface area contributed by atoms with Crippen LogP contribution in [-0.4, -0.2) is 16.3 Å². The second kappa shape index (κ2) is 6.88. The Kier molecular flexibility index (Phi) is 4.91. The van der Waals surface area contributed by atoms with Crippen LogP contribution in [0.5, 0.6) is 0 Å². The summed E-state index contributed by atoms with van der Waals surface area (Å²) in [7, 11) is 0. The maximum absolute atomic E-state index is 8.85. The summed E-state index contributed by atoms with van der Waals surface area (Å²) >= 11 is 0. The van der Waals surface area contributed by atoms with Gasteiger partial charge >= 0.3 is 0 Å². The lowest BCUT2D eigenvalue weighted by Crippen LogP contribution is -2.17. The SMILES string of the molecule is Cc1cc(C)n(CCCNCc2cccc(C#N)c2)n1. The van der Waals surface area contributed by atoms with Gasteiger partial charge in [-0.1, -0.05) is 12.1 Å². The van der Waals surface area contributed by atoms with Gasteiger partial charge in [-0.3, -0.25) is 4.68 Å². The van der Waals surface area contributed by atoms with E-state index >= 15 is 0 Å². The third-order valence-corrected chi connectivity index (χ3v) is 3.21. The Bertz CT molecular complexity index is 607. The van der Waals surface area contributed by atoms with Crippen LogP contribution in [0.3, 0.4) is 0 Å². The molecule has 4 heteroatoms. The molecule has 0 saturated heterocycles. The van der Waals surface area contributed by atoms with Crippen LogP contribution in [0.4, 0.5) is 0 Å². The zero-order chi connectivity index (χ0) is 14.4. The Labute approximate surface area is 120 Å². The van der Waals surface area contributed by atoms with E-state index in [-0.39, 0.29) is 0 Å². The third-order valence-electron chi connectivity index (χ3n) is 3.21. The van der Waals surface area contributed by atoms with Crippen molar-refractivity contribution in [3.8, 4) is 6.07 Å². The van der Waals surface area contributed by atoms with Crippen LogP contribution in [0, 0.1) is 25.2 Å². The van der Waals surface area contributed by atoms with Gasteiger partial charge in [0.2, 0.25) is 0 Å². The largest absolute Gasteiger partial charge is 0.313 e. The van der Waals surface area contributed by atoms with Crippen LogP contribution < -0.4 is 5.32 Å². The van der Waals surface area contributed by atoms with Crippen LogP contribution in [0.15, 0.2) is 30.3 Å². The molecule has 1 aromatic carbocycles. The van der Waals surface area contributed by atoms with Gasteiger partial charge in [0.15, 0.2) is 0 Å². The second-order valence-electron chi connectivity index (χ2n) is 4.99. The van der Waals surface area contributed by atoms with Crippen molar-refractivity contribution in [2.75, 3.05) is 6.54 Å². The van der Waals surface area contributed by atoms with Crippen molar-refractivity contribution in [2.45, 2.75) is 33.4 Å². The van der Waals surface area contributed by atoms with Crippen LogP contribution >= 0.6 is 0 Å². The van der Waals surface area contributed by atoms with Gasteiger partial charge in [0, 0.05) is 18.8 Å². The zero-order valence-electron chi connectivity index (χ0n) is 12.1. The number of aromatic nitrogens is 2. The van der Waals surface area contributed by atoms with Crippen molar-refractivity contribution in [2.24, 2.45) is 0 Å². The fourth-order valence-electron chi connectivity index (χ4n) is 2.24. The molecule has 0 radical (unpaired) electrons. The van der Waals surface area contributed by atoms with Gasteiger partial charge in [-0.25, -0.2) is 0 Å². The molecule has 0 atom stereocenters. The average Bonchev–Trinajstić information content (AvgIpc) is 2.77. The number of nitrogens with zero attached hydrogens (tertiary/aromatic N) is 3. The van der Waals surface area contributed by atoms with Gasteiger partial charge in [0.1, 0.15) is 0 Å². The molecule has 2 rings (SSSR count). The van der Waals surface area contributed by atoms with Crippen LogP contribution in [0.2, 0.25) is 0 Å². The molecule has 2 aromatic rings. The molecule has 1 N–H and O–H groups in total. The summed E-state index contributed by atoms with van der Waals surface area (Å²) in [6, 6.07) is 12.0. The molecule has 0 unspecified atom stereocenters. The zero-order valence-corrected chi connectivity index (χ0v) is 12.1. The van der Waals surface area contributed by atoms with E-state index in [9.17, 15) is 0 Å². The number of rotatable bonds is 6. The second-order valence-corrected chi connectivity index (χ2v) is 4.99. The van der Waals surface area contributed by atoms with E-state index in [4.69, 9.17) is 5.26 Å². The Hall–Kier alpha value is -2.12. The fourth-order valence-corrected chi connectivity index (χ4v) is 2.24. The first-order valence-corrected chi connectivity index (χ1v) is 6.90. The third kappa shape index (κ3) is 3.94. The minimum absolute atomic E-state index is 0.715. The summed E-state index contributed by atoms with van der Waals surface area (Å²) in [5, 5.41) is 16.7. The van der Waals surface area contributed by atoms with Gasteiger partial charge in [-0.05, 0) is 50.6 Å². The fraction of sp³-hybridized carbons (Fsp3) is 0.375. The molecule has 104 valence electrons. The van der Waals surface area contributed by atoms with E-state index in [0.29, 0.717) is 5.56 Å². The highest BCUT2D eigenvalue weighted by atomic mass is 15.3. The minimum Gasteiger partial charge on any atom is -0.313 e. The van der Waals surface area contributed by atoms with Gasteiger partial charge in [0.05, 0.1) is 17.3 Å². The Morgan fingerprint density at radius 1 is 1.30 bits per heavy atom. The molecule has 0 aliphatic rings. The molecule has 1 aromatic heterocycles. The Morgan fingerprint density at radius 2 is 2.15 bits per heavy atom. The topological polar surface area (TPSA) is 53.6 Å². The smallest absolute Gasteiger partial charge is 0.0991 e. The first-order chi connectivity index (χ1) is 9.69. The van der Waals surface area contributed by atoms with Crippen molar-refractivity contribution in [3.63, 3.8) is 0 Å². The lowest BCUT2D eigenvalue weighted by Gasteiger charge is -2.07. The number of aryl methyl sites for hydroxylation is 3. The summed E-state index contributed by atoms with van der Waals surface area (Å²) in [6.45, 7) is 6.78. The summed E-state index contributed by atoms with van der Waals surface area (Å²) in [6.07, 6.45) is 1.04. The first-order valence-electron chi connectivity index (χ1n) is 6.90. The first kappa shape index (κ1) is 14.3. The molecule has 0 amide bonds. The van der Waals surface area contributed by atoms with E-state index < -0.39 is 0 Å². The lowest BCUT2D eigenvalue weighted by molar-refractivity contribution is 0.532. The number of hydrogen-bond acceptors (Lipinski definition) is 3. The minimum atomic E-state index is 0.715. The van der Waals surface area contributed by atoms with Crippen LogP contribution in [0.25, 0.3) is 0 Å². The maximum Gasteiger partial charge on any atom is 0.0991 e. The van der Waals surface area contributed by atoms with E-state index in [1.54, 1.807) is 0 Å². The van der Waals surface area contributed by atoms with Gasteiger partial charge in [-0.2, -0.15) is 10.4 Å². The molecule has 0 spiro atoms. The van der Waals surface area contributed by atoms with Crippen molar-refractivity contribution < 1.29 is 0 Å². The summed E-state index contributed by atoms with van der Waals surface area (Å²) < 4.78 is 2.05. The number of hydrogen-bond donors (Lipinski definition) is 1. The molecule has 0 aliphatic carbocycles. The summed E-state index contributed by atoms with van der Waals surface area (Å²) in [5.74, 6) is 0. The van der Waals surface area contributed by atoms with Crippen LogP contribution in [-0.2, 0) is 13.1 Å². The molecule has 1 heterocycles. The van der Waals surface area contributed by atoms with Crippen molar-refractivity contribution >= 4 is 0 Å². The molecular formula is C16H20N4. The highest BCUT2D eigenvalue weighted by molar-refractivity contribution is 5.32. The monoisotopic (exact) mass is 268 g/mol. The summed E-state index contributed by atoms with van der Waals surface area (Å²) in [4.78, 5) is 0. The highest BCUT2D eigenvalue weighted by Gasteiger charge is 2.00. The molecule has 0 fully saturated rings. The van der Waals surface area contributed by atoms with Crippen molar-refractivity contribution in [3.05, 3.63) is 52.8 Å². The Balaban J connectivity index is 1.71. The van der Waals surface area contributed by atoms with Gasteiger partial charge < -0.3 is 5.32 Å². The quantitative estimate of drug-likeness (QED) is 0.819. The van der Waals surface area contributed by atoms with Gasteiger partial charge in [0.25, 0.3) is 0 Å². The molecule has 0 saturated carbocycles. The van der Waals surface area contributed by atoms with Crippen molar-refractivity contribution in [1.82, 2.24) is 15.1 Å². The Morgan fingerprint density at radius 3 is 2.85 bits per heavy atom. The molecule has 20 heavy (non-hydrogen) atoms. The molecule has 4 nitrogen and oxygen atoms in total. The molecule has 0 bridgehead atoms. The van der Waals surface area contributed by atoms with E-state index in [1.165, 1.54) is 5.69 Å². The number of benzene rings is 1. The highest BCUT2D eigenvalue weighted by Crippen LogP contribution is 2.04. The number of nitrogens with one attached hydrogen (secondary N) is 1. The predicted molar refractivity (Wildman–Crippen MR) is 79.2 cm³/mol. The summed E-state index contributed by atoms with van der Waals surface area (Å²) in [5.41, 5.74) is 4.15. The predicted octanol–water partition coefficient (Wildman–Crippen LogP) is 2.55. The van der Waals surface area contributed by atoms with Crippen LogP contribution in [0.1, 0.15) is 28.9 Å². The van der Waals surface area contributed by atoms with E-state index in [1.807, 2.05) is 35.9 Å². The van der Waals surface area contributed by atoms with E-state index in [0.717, 1.165) is 37.3 Å². The normalized spacial score (nSPS) is 10.4. The number of nitriles is 1. The standard InChI is InChI=1S/C16H20N4/c1-13-9-14(2)20(19-13)8-4-7-18-12-16-6-3-5-15(10-16)11-17/h3,5-6,9-10,18H,4,7-8,12H2,1-2H3. The van der Waals surface area contributed by atoms with Gasteiger partial charge in [-0.15, -0.1) is 0 Å². The lowest BCUT2D eigenvalue weighted by atomic mass is 10.1. The maximum atomic E-state index is 8.85. The van der Waals surface area contributed by atoms with Crippen molar-refractivity contribution in [1.29, 1.82) is 5.26 Å². The molecular weight excluding hydrogens is 248 g/mol.